The van der Waals surface area contributed by atoms with Crippen LogP contribution in [0.3, 0.4) is 0 Å². The van der Waals surface area contributed by atoms with Crippen molar-refractivity contribution in [3.05, 3.63) is 0 Å². The molecular formula is C7H16NO2+. The quantitative estimate of drug-likeness (QED) is 0.439. The molecule has 0 amide bonds. The van der Waals surface area contributed by atoms with Crippen molar-refractivity contribution >= 4 is 5.97 Å². The first kappa shape index (κ1) is 1.12. The molecular weight excluding hydrogens is 130 g/mol. The van der Waals surface area contributed by atoms with Gasteiger partial charge in [-0.2, -0.15) is 0 Å². The van der Waals surface area contributed by atoms with Gasteiger partial charge in [-0.25, -0.2) is 0 Å². The maximum Gasteiger partial charge on any atom is 0.302 e. The van der Waals surface area contributed by atoms with Crippen molar-refractivity contribution < 1.29 is 35.9 Å². The first-order valence-corrected chi connectivity index (χ1v) is 2.01. The molecule has 0 saturated heterocycles. The second-order valence-corrected chi connectivity index (χ2v) is 1.27. The minimum atomic E-state index is -4.45. The highest BCUT2D eigenvalue weighted by atomic mass is 16.5. The third-order valence-corrected chi connectivity index (χ3v) is 0.357. The molecule has 0 aliphatic rings. The van der Waals surface area contributed by atoms with E-state index < -0.39 is 51.3 Å². The van der Waals surface area contributed by atoms with Crippen LogP contribution in [0, 0.1) is 0 Å². The second-order valence-electron chi connectivity index (χ2n) is 1.27. The van der Waals surface area contributed by atoms with Crippen molar-refractivity contribution in [1.82, 2.24) is 0 Å². The summed E-state index contributed by atoms with van der Waals surface area (Å²) in [7, 11) is 0. The largest absolute Gasteiger partial charge is 0.460 e. The number of hydrogen-bond donors (Lipinski definition) is 0. The van der Waals surface area contributed by atoms with Crippen molar-refractivity contribution in [3.8, 4) is 0 Å². The topological polar surface area (TPSA) is 26.3 Å². The van der Waals surface area contributed by atoms with E-state index in [1.165, 1.54) is 0 Å². The zero-order valence-corrected chi connectivity index (χ0v) is 4.76. The molecule has 0 aromatic heterocycles. The van der Waals surface area contributed by atoms with Crippen molar-refractivity contribution in [2.75, 3.05) is 34.0 Å². The lowest BCUT2D eigenvalue weighted by Crippen LogP contribution is -2.37. The van der Waals surface area contributed by atoms with Crippen LogP contribution in [0.15, 0.2) is 0 Å². The summed E-state index contributed by atoms with van der Waals surface area (Å²) in [4.78, 5) is 11.4. The monoisotopic (exact) mass is 162 g/mol. The van der Waals surface area contributed by atoms with Crippen molar-refractivity contribution in [2.45, 2.75) is 6.85 Å². The second kappa shape index (κ2) is 3.56. The lowest BCUT2D eigenvalue weighted by atomic mass is 10.5. The van der Waals surface area contributed by atoms with E-state index in [-0.39, 0.29) is 0 Å². The molecule has 0 spiro atoms. The van der Waals surface area contributed by atoms with Crippen LogP contribution in [0.1, 0.15) is 28.8 Å². The molecule has 0 atom stereocenters. The highest BCUT2D eigenvalue weighted by molar-refractivity contribution is 5.65. The van der Waals surface area contributed by atoms with Crippen LogP contribution in [0.2, 0.25) is 0 Å². The smallest absolute Gasteiger partial charge is 0.302 e. The molecule has 0 radical (unpaired) electrons. The molecule has 0 aliphatic heterocycles. The van der Waals surface area contributed by atoms with Crippen molar-refractivity contribution in [1.29, 1.82) is 0 Å². The lowest BCUT2D eigenvalue weighted by Gasteiger charge is -2.23. The molecule has 0 unspecified atom stereocenters. The molecule has 0 rings (SSSR count). The van der Waals surface area contributed by atoms with Gasteiger partial charge in [0.05, 0.1) is 38.7 Å². The van der Waals surface area contributed by atoms with Crippen LogP contribution >= 0.6 is 0 Å². The minimum Gasteiger partial charge on any atom is -0.460 e. The molecule has 0 N–H and O–H groups in total. The van der Waals surface area contributed by atoms with E-state index in [9.17, 15) is 4.79 Å². The van der Waals surface area contributed by atoms with Gasteiger partial charge in [0, 0.05) is 11.0 Å². The Hall–Kier alpha value is -0.570. The van der Waals surface area contributed by atoms with Gasteiger partial charge in [0.2, 0.25) is 0 Å². The van der Waals surface area contributed by atoms with Crippen LogP contribution in [-0.2, 0) is 9.53 Å². The Kier molecular flexibility index (Phi) is 0.400. The number of quaternary nitrogens is 1. The molecule has 0 aromatic carbocycles. The van der Waals surface area contributed by atoms with Gasteiger partial charge in [-0.05, 0) is 0 Å². The molecule has 0 aliphatic carbocycles. The first-order valence-electron chi connectivity index (χ1n) is 10.0. The van der Waals surface area contributed by atoms with Gasteiger partial charge in [0.15, 0.2) is 0 Å². The van der Waals surface area contributed by atoms with Crippen molar-refractivity contribution in [2.24, 2.45) is 0 Å². The van der Waals surface area contributed by atoms with E-state index >= 15 is 0 Å². The molecule has 0 bridgehead atoms. The number of carbonyl (C=O) groups excluding carboxylic acids is 1. The highest BCUT2D eigenvalue weighted by Gasteiger charge is 2.06. The summed E-state index contributed by atoms with van der Waals surface area (Å²) in [6.07, 6.45) is 0. The fraction of sp³-hybridized carbons (Fsp3) is 0.857. The van der Waals surface area contributed by atoms with Crippen LogP contribution < -0.4 is 0 Å². The molecule has 0 aromatic rings. The Labute approximate surface area is 84.7 Å². The van der Waals surface area contributed by atoms with Gasteiger partial charge in [-0.3, -0.25) is 4.79 Å². The summed E-state index contributed by atoms with van der Waals surface area (Å²) in [5, 5.41) is 0. The standard InChI is InChI=1S/C7H16NO2/c1-7(9)10-6-5-8(2,3)4/h5-6H2,1-4H3/q+1/i1D3,2D3,3D3,4D3,5D2,6D2. The number of rotatable bonds is 3. The summed E-state index contributed by atoms with van der Waals surface area (Å²) in [5.74, 6) is -2.31. The zero-order valence-electron chi connectivity index (χ0n) is 20.8. The average Bonchev–Trinajstić information content (AvgIpc) is 2.19. The number of esters is 1. The van der Waals surface area contributed by atoms with Crippen LogP contribution in [0.4, 0.5) is 0 Å². The molecule has 10 heavy (non-hydrogen) atoms. The van der Waals surface area contributed by atoms with Crippen LogP contribution in [0.5, 0.6) is 0 Å². The molecule has 0 fully saturated rings. The van der Waals surface area contributed by atoms with Gasteiger partial charge >= 0.3 is 5.97 Å². The zero-order chi connectivity index (χ0) is 21.8. The van der Waals surface area contributed by atoms with E-state index in [2.05, 4.69) is 4.74 Å². The van der Waals surface area contributed by atoms with Gasteiger partial charge in [-0.15, -0.1) is 0 Å². The van der Waals surface area contributed by atoms with Crippen molar-refractivity contribution in [3.63, 3.8) is 0 Å². The van der Waals surface area contributed by atoms with E-state index in [0.717, 1.165) is 0 Å². The predicted octanol–water partition coefficient (Wildman–Crippen LogP) is 0.256. The number of nitrogens with zero attached hydrogens (tertiary/aromatic N) is 1. The normalized spacial score (nSPS) is 42.8. The summed E-state index contributed by atoms with van der Waals surface area (Å²) in [6, 6.07) is 0. The Morgan fingerprint density at radius 1 is 1.70 bits per heavy atom. The summed E-state index contributed by atoms with van der Waals surface area (Å²) >= 11 is 0. The molecule has 3 nitrogen and oxygen atoms in total. The van der Waals surface area contributed by atoms with E-state index in [4.69, 9.17) is 21.9 Å². The number of ether oxygens (including phenoxy) is 1. The maximum atomic E-state index is 11.4. The van der Waals surface area contributed by atoms with E-state index in [1.807, 2.05) is 0 Å². The Morgan fingerprint density at radius 2 is 2.40 bits per heavy atom. The number of carbonyl (C=O) groups is 1. The third-order valence-electron chi connectivity index (χ3n) is 0.357. The number of likely N-dealkylation sites (N-methyl/N-ethyl adjacent to an activating group) is 1. The first-order chi connectivity index (χ1) is 10.9. The van der Waals surface area contributed by atoms with Gasteiger partial charge < -0.3 is 9.22 Å². The summed E-state index contributed by atoms with van der Waals surface area (Å²) < 4.78 is 117. The fourth-order valence-electron chi connectivity index (χ4n) is 0.138. The lowest BCUT2D eigenvalue weighted by molar-refractivity contribution is -0.870. The average molecular weight is 162 g/mol. The summed E-state index contributed by atoms with van der Waals surface area (Å²) in [5.41, 5.74) is 0. The van der Waals surface area contributed by atoms with Gasteiger partial charge in [0.25, 0.3) is 0 Å². The van der Waals surface area contributed by atoms with E-state index in [0.29, 0.717) is 0 Å². The van der Waals surface area contributed by atoms with Gasteiger partial charge in [0.1, 0.15) is 13.1 Å². The molecule has 0 heterocycles. The Morgan fingerprint density at radius 3 is 2.90 bits per heavy atom. The Balaban J connectivity index is 6.82. The van der Waals surface area contributed by atoms with Gasteiger partial charge in [-0.1, -0.05) is 0 Å². The number of hydrogen-bond acceptors (Lipinski definition) is 2. The predicted molar refractivity (Wildman–Crippen MR) is 39.5 cm³/mol. The van der Waals surface area contributed by atoms with E-state index in [1.54, 1.807) is 0 Å². The third kappa shape index (κ3) is 7.43. The SMILES string of the molecule is [2H]C([2H])([2H])C(=O)OC([2H])([2H])C([2H])([2H])[N+](C([2H])([2H])[2H])(C([2H])([2H])[2H])C([2H])([2H])[2H]. The Bertz CT molecular complexity index is 499. The fourth-order valence-corrected chi connectivity index (χ4v) is 0.138. The molecule has 60 valence electrons. The maximum absolute atomic E-state index is 11.4. The minimum absolute atomic E-state index is 2.31. The molecule has 0 saturated carbocycles. The van der Waals surface area contributed by atoms with Crippen LogP contribution in [-0.4, -0.2) is 44.4 Å². The highest BCUT2D eigenvalue weighted by Crippen LogP contribution is 1.88. The molecule has 3 heteroatoms. The summed E-state index contributed by atoms with van der Waals surface area (Å²) in [6.45, 7) is -24.9. The van der Waals surface area contributed by atoms with Crippen LogP contribution in [0.25, 0.3) is 0 Å².